The Bertz CT molecular complexity index is 881. The van der Waals surface area contributed by atoms with Crippen LogP contribution in [0.3, 0.4) is 0 Å². The zero-order valence-electron chi connectivity index (χ0n) is 14.3. The van der Waals surface area contributed by atoms with Gasteiger partial charge in [-0.2, -0.15) is 5.10 Å². The lowest BCUT2D eigenvalue weighted by Gasteiger charge is -2.10. The van der Waals surface area contributed by atoms with Crippen LogP contribution in [0, 0.1) is 27.2 Å². The van der Waals surface area contributed by atoms with E-state index in [9.17, 15) is 20.2 Å². The van der Waals surface area contributed by atoms with Gasteiger partial charge >= 0.3 is 5.69 Å². The lowest BCUT2D eigenvalue weighted by Crippen LogP contribution is -2.00. The van der Waals surface area contributed by atoms with Gasteiger partial charge in [-0.1, -0.05) is 0 Å². The fraction of sp³-hybridized carbons (Fsp3) is 0.188. The zero-order valence-corrected chi connectivity index (χ0v) is 14.3. The van der Waals surface area contributed by atoms with Crippen molar-refractivity contribution in [3.05, 3.63) is 61.7 Å². The van der Waals surface area contributed by atoms with Crippen molar-refractivity contribution in [2.45, 2.75) is 6.92 Å². The first kappa shape index (κ1) is 18.6. The van der Waals surface area contributed by atoms with E-state index in [1.165, 1.54) is 26.5 Å². The number of hydrazone groups is 1. The predicted octanol–water partition coefficient (Wildman–Crippen LogP) is 3.27. The molecule has 10 heteroatoms. The molecule has 0 atom stereocenters. The molecule has 1 N–H and O–H groups in total. The number of anilines is 1. The highest BCUT2D eigenvalue weighted by Crippen LogP contribution is 2.30. The summed E-state index contributed by atoms with van der Waals surface area (Å²) >= 11 is 0. The van der Waals surface area contributed by atoms with Crippen molar-refractivity contribution in [2.24, 2.45) is 5.10 Å². The van der Waals surface area contributed by atoms with Crippen LogP contribution < -0.4 is 14.9 Å². The number of benzene rings is 2. The van der Waals surface area contributed by atoms with Crippen LogP contribution in [-0.4, -0.2) is 30.3 Å². The molecule has 2 rings (SSSR count). The highest BCUT2D eigenvalue weighted by Gasteiger charge is 2.19. The molecule has 26 heavy (non-hydrogen) atoms. The third kappa shape index (κ3) is 4.04. The molecule has 0 unspecified atom stereocenters. The van der Waals surface area contributed by atoms with E-state index in [-0.39, 0.29) is 11.4 Å². The van der Waals surface area contributed by atoms with Crippen LogP contribution in [0.25, 0.3) is 0 Å². The first-order valence-corrected chi connectivity index (χ1v) is 7.32. The van der Waals surface area contributed by atoms with Gasteiger partial charge < -0.3 is 9.47 Å². The molecule has 136 valence electrons. The summed E-state index contributed by atoms with van der Waals surface area (Å²) in [6, 6.07) is 6.75. The maximum Gasteiger partial charge on any atom is 0.301 e. The number of nitrogens with one attached hydrogen (secondary N) is 1. The van der Waals surface area contributed by atoms with E-state index in [1.807, 2.05) is 6.92 Å². The van der Waals surface area contributed by atoms with Gasteiger partial charge in [0, 0.05) is 11.6 Å². The monoisotopic (exact) mass is 360 g/mol. The first-order valence-electron chi connectivity index (χ1n) is 7.32. The summed E-state index contributed by atoms with van der Waals surface area (Å²) in [6.07, 6.45) is 1.46. The van der Waals surface area contributed by atoms with Crippen molar-refractivity contribution in [3.63, 3.8) is 0 Å². The highest BCUT2D eigenvalue weighted by molar-refractivity contribution is 5.84. The zero-order chi connectivity index (χ0) is 19.3. The fourth-order valence-electron chi connectivity index (χ4n) is 2.19. The maximum atomic E-state index is 11.1. The number of hydrogen-bond acceptors (Lipinski definition) is 8. The van der Waals surface area contributed by atoms with Gasteiger partial charge in [-0.25, -0.2) is 0 Å². The molecular weight excluding hydrogens is 344 g/mol. The van der Waals surface area contributed by atoms with Crippen molar-refractivity contribution in [2.75, 3.05) is 19.6 Å². The molecule has 0 aliphatic carbocycles. The number of ether oxygens (including phenoxy) is 2. The fourth-order valence-corrected chi connectivity index (χ4v) is 2.19. The molecule has 0 aliphatic heterocycles. The Labute approximate surface area is 148 Å². The van der Waals surface area contributed by atoms with Crippen LogP contribution in [0.5, 0.6) is 11.5 Å². The third-order valence-electron chi connectivity index (χ3n) is 3.55. The predicted molar refractivity (Wildman–Crippen MR) is 95.3 cm³/mol. The third-order valence-corrected chi connectivity index (χ3v) is 3.55. The standard InChI is InChI=1S/C16H16N4O6/c1-10-6-15(25-2)16(26-3)7-11(10)9-17-18-13-5-4-12(19(21)22)8-14(13)20(23)24/h4-9,18H,1-3H3. The largest absolute Gasteiger partial charge is 0.493 e. The molecule has 0 fully saturated rings. The molecule has 0 heterocycles. The van der Waals surface area contributed by atoms with Gasteiger partial charge in [0.25, 0.3) is 5.69 Å². The first-order chi connectivity index (χ1) is 12.4. The van der Waals surface area contributed by atoms with Crippen molar-refractivity contribution in [3.8, 4) is 11.5 Å². The summed E-state index contributed by atoms with van der Waals surface area (Å²) in [5.41, 5.74) is 3.32. The average molecular weight is 360 g/mol. The van der Waals surface area contributed by atoms with E-state index >= 15 is 0 Å². The molecule has 0 aromatic heterocycles. The van der Waals surface area contributed by atoms with Crippen molar-refractivity contribution < 1.29 is 19.3 Å². The summed E-state index contributed by atoms with van der Waals surface area (Å²) in [7, 11) is 3.03. The topological polar surface area (TPSA) is 129 Å². The van der Waals surface area contributed by atoms with E-state index in [0.717, 1.165) is 17.7 Å². The van der Waals surface area contributed by atoms with E-state index in [1.54, 1.807) is 12.1 Å². The molecule has 0 saturated carbocycles. The Morgan fingerprint density at radius 1 is 1.04 bits per heavy atom. The summed E-state index contributed by atoms with van der Waals surface area (Å²) in [5.74, 6) is 1.09. The molecule has 2 aromatic carbocycles. The molecule has 0 saturated heterocycles. The number of methoxy groups -OCH3 is 2. The summed E-state index contributed by atoms with van der Waals surface area (Å²) in [6.45, 7) is 1.84. The lowest BCUT2D eigenvalue weighted by atomic mass is 10.1. The van der Waals surface area contributed by atoms with Crippen molar-refractivity contribution >= 4 is 23.3 Å². The van der Waals surface area contributed by atoms with Gasteiger partial charge in [0.2, 0.25) is 0 Å². The number of nitro groups is 2. The minimum atomic E-state index is -0.716. The van der Waals surface area contributed by atoms with Crippen LogP contribution in [0.1, 0.15) is 11.1 Å². The van der Waals surface area contributed by atoms with Crippen molar-refractivity contribution in [1.29, 1.82) is 0 Å². The van der Waals surface area contributed by atoms with Crippen LogP contribution in [0.2, 0.25) is 0 Å². The Balaban J connectivity index is 2.28. The number of hydrogen-bond donors (Lipinski definition) is 1. The molecular formula is C16H16N4O6. The maximum absolute atomic E-state index is 11.1. The molecule has 0 aliphatic rings. The summed E-state index contributed by atoms with van der Waals surface area (Å²) in [5, 5.41) is 25.8. The van der Waals surface area contributed by atoms with E-state index in [0.29, 0.717) is 17.1 Å². The van der Waals surface area contributed by atoms with Crippen LogP contribution in [-0.2, 0) is 0 Å². The van der Waals surface area contributed by atoms with E-state index < -0.39 is 15.5 Å². The Hall–Kier alpha value is -3.69. The Kier molecular flexibility index (Phi) is 5.68. The van der Waals surface area contributed by atoms with Gasteiger partial charge in [-0.15, -0.1) is 0 Å². The van der Waals surface area contributed by atoms with E-state index in [2.05, 4.69) is 10.5 Å². The van der Waals surface area contributed by atoms with Crippen LogP contribution >= 0.6 is 0 Å². The van der Waals surface area contributed by atoms with Crippen molar-refractivity contribution in [1.82, 2.24) is 0 Å². The van der Waals surface area contributed by atoms with Crippen LogP contribution in [0.15, 0.2) is 35.4 Å². The SMILES string of the molecule is COc1cc(C)c(C=NNc2ccc([N+](=O)[O-])cc2[N+](=O)[O-])cc1OC. The van der Waals surface area contributed by atoms with Gasteiger partial charge in [-0.3, -0.25) is 25.7 Å². The van der Waals surface area contributed by atoms with Gasteiger partial charge in [0.15, 0.2) is 11.5 Å². The second kappa shape index (κ2) is 7.92. The molecule has 0 amide bonds. The molecule has 0 radical (unpaired) electrons. The second-order valence-corrected chi connectivity index (χ2v) is 5.15. The summed E-state index contributed by atoms with van der Waals surface area (Å²) < 4.78 is 10.4. The van der Waals surface area contributed by atoms with Crippen LogP contribution in [0.4, 0.5) is 17.1 Å². The minimum absolute atomic E-state index is 0.0370. The summed E-state index contributed by atoms with van der Waals surface area (Å²) in [4.78, 5) is 20.4. The number of nitro benzene ring substituents is 2. The van der Waals surface area contributed by atoms with E-state index in [4.69, 9.17) is 9.47 Å². The lowest BCUT2D eigenvalue weighted by molar-refractivity contribution is -0.393. The number of non-ortho nitro benzene ring substituents is 1. The number of rotatable bonds is 7. The molecule has 2 aromatic rings. The van der Waals surface area contributed by atoms with Gasteiger partial charge in [0.1, 0.15) is 5.69 Å². The highest BCUT2D eigenvalue weighted by atomic mass is 16.6. The van der Waals surface area contributed by atoms with Gasteiger partial charge in [0.05, 0.1) is 36.3 Å². The number of aryl methyl sites for hydroxylation is 1. The normalized spacial score (nSPS) is 10.6. The average Bonchev–Trinajstić information content (AvgIpc) is 2.62. The number of nitrogens with zero attached hydrogens (tertiary/aromatic N) is 3. The Morgan fingerprint density at radius 2 is 1.69 bits per heavy atom. The molecule has 0 spiro atoms. The minimum Gasteiger partial charge on any atom is -0.493 e. The quantitative estimate of drug-likeness (QED) is 0.455. The molecule has 0 bridgehead atoms. The Morgan fingerprint density at radius 3 is 2.27 bits per heavy atom. The smallest absolute Gasteiger partial charge is 0.301 e. The second-order valence-electron chi connectivity index (χ2n) is 5.15. The molecule has 10 nitrogen and oxygen atoms in total. The van der Waals surface area contributed by atoms with Gasteiger partial charge in [-0.05, 0) is 30.7 Å².